The minimum atomic E-state index is -2.81. The molecule has 0 bridgehead atoms. The Kier molecular flexibility index (Phi) is 6.44. The third kappa shape index (κ3) is 5.32. The number of anilines is 1. The molecular formula is C23H21F2N7O3. The molecule has 2 amide bonds. The molecule has 0 radical (unpaired) electrons. The zero-order valence-electron chi connectivity index (χ0n) is 18.5. The summed E-state index contributed by atoms with van der Waals surface area (Å²) in [6, 6.07) is 14.3. The van der Waals surface area contributed by atoms with E-state index in [1.807, 2.05) is 42.6 Å². The highest BCUT2D eigenvalue weighted by Crippen LogP contribution is 2.24. The second-order valence-corrected chi connectivity index (χ2v) is 7.85. The maximum atomic E-state index is 12.6. The van der Waals surface area contributed by atoms with Crippen LogP contribution in [0.15, 0.2) is 59.1 Å². The first-order valence-corrected chi connectivity index (χ1v) is 10.9. The summed E-state index contributed by atoms with van der Waals surface area (Å²) in [5.41, 5.74) is 3.61. The average molecular weight is 481 g/mol. The third-order valence-corrected chi connectivity index (χ3v) is 5.42. The second-order valence-electron chi connectivity index (χ2n) is 7.85. The maximum absolute atomic E-state index is 12.6. The number of carbonyl (C=O) groups excluding carboxylic acids is 1. The smallest absolute Gasteiger partial charge is 0.321 e. The lowest BCUT2D eigenvalue weighted by molar-refractivity contribution is 0.0564. The highest BCUT2D eigenvalue weighted by atomic mass is 19.3. The van der Waals surface area contributed by atoms with Crippen LogP contribution in [0, 0.1) is 0 Å². The zero-order chi connectivity index (χ0) is 24.2. The Morgan fingerprint density at radius 2 is 1.83 bits per heavy atom. The molecule has 2 aromatic heterocycles. The predicted octanol–water partition coefficient (Wildman–Crippen LogP) is 3.85. The van der Waals surface area contributed by atoms with Crippen LogP contribution in [0.1, 0.15) is 17.9 Å². The lowest BCUT2D eigenvalue weighted by Gasteiger charge is -2.26. The van der Waals surface area contributed by atoms with Crippen LogP contribution >= 0.6 is 0 Å². The molecule has 1 aliphatic rings. The summed E-state index contributed by atoms with van der Waals surface area (Å²) in [6.45, 7) is 2.65. The molecule has 0 aliphatic carbocycles. The van der Waals surface area contributed by atoms with Crippen molar-refractivity contribution in [1.29, 1.82) is 0 Å². The van der Waals surface area contributed by atoms with Gasteiger partial charge in [0.15, 0.2) is 0 Å². The Bertz CT molecular complexity index is 1300. The van der Waals surface area contributed by atoms with E-state index in [4.69, 9.17) is 9.15 Å². The fraction of sp³-hybridized carbons (Fsp3) is 0.261. The number of aromatic nitrogens is 5. The molecule has 0 saturated carbocycles. The number of hydrogen-bond donors (Lipinski definition) is 1. The van der Waals surface area contributed by atoms with Gasteiger partial charge in [-0.3, -0.25) is 0 Å². The molecule has 1 saturated heterocycles. The molecule has 0 spiro atoms. The monoisotopic (exact) mass is 481 g/mol. The molecule has 0 atom stereocenters. The van der Waals surface area contributed by atoms with Crippen molar-refractivity contribution in [3.8, 4) is 22.7 Å². The molecule has 12 heteroatoms. The van der Waals surface area contributed by atoms with Crippen molar-refractivity contribution in [1.82, 2.24) is 30.1 Å². The minimum absolute atomic E-state index is 0.0375. The van der Waals surface area contributed by atoms with E-state index in [0.29, 0.717) is 49.8 Å². The number of hydrogen-bond acceptors (Lipinski definition) is 7. The molecule has 5 rings (SSSR count). The van der Waals surface area contributed by atoms with E-state index in [9.17, 15) is 13.6 Å². The molecule has 35 heavy (non-hydrogen) atoms. The molecule has 2 aromatic carbocycles. The van der Waals surface area contributed by atoms with E-state index in [-0.39, 0.29) is 11.9 Å². The van der Waals surface area contributed by atoms with Crippen molar-refractivity contribution in [2.24, 2.45) is 0 Å². The number of urea groups is 1. The fourth-order valence-corrected chi connectivity index (χ4v) is 3.61. The Balaban J connectivity index is 1.23. The Morgan fingerprint density at radius 3 is 2.57 bits per heavy atom. The number of nitrogens with zero attached hydrogens (tertiary/aromatic N) is 6. The molecule has 180 valence electrons. The SMILES string of the molecule is O=C(Nc1cccc(-c2cn(Cc3ccc(-c4nnc(C(F)F)o4)cc3)nn2)c1)N1CCOCC1. The van der Waals surface area contributed by atoms with Gasteiger partial charge in [0.2, 0.25) is 5.89 Å². The number of alkyl halides is 2. The number of rotatable bonds is 6. The van der Waals surface area contributed by atoms with Gasteiger partial charge in [-0.2, -0.15) is 8.78 Å². The zero-order valence-corrected chi connectivity index (χ0v) is 18.5. The van der Waals surface area contributed by atoms with Crippen LogP contribution < -0.4 is 5.32 Å². The van der Waals surface area contributed by atoms with E-state index >= 15 is 0 Å². The van der Waals surface area contributed by atoms with E-state index in [1.165, 1.54) is 0 Å². The normalized spacial score (nSPS) is 13.9. The lowest BCUT2D eigenvalue weighted by Crippen LogP contribution is -2.43. The second kappa shape index (κ2) is 9.97. The molecule has 4 aromatic rings. The fourth-order valence-electron chi connectivity index (χ4n) is 3.61. The highest BCUT2D eigenvalue weighted by molar-refractivity contribution is 5.90. The number of benzene rings is 2. The van der Waals surface area contributed by atoms with Gasteiger partial charge in [-0.25, -0.2) is 9.48 Å². The summed E-state index contributed by atoms with van der Waals surface area (Å²) in [4.78, 5) is 14.2. The molecule has 1 fully saturated rings. The minimum Gasteiger partial charge on any atom is -0.415 e. The van der Waals surface area contributed by atoms with Gasteiger partial charge in [-0.05, 0) is 29.8 Å². The van der Waals surface area contributed by atoms with Crippen molar-refractivity contribution in [3.63, 3.8) is 0 Å². The predicted molar refractivity (Wildman–Crippen MR) is 121 cm³/mol. The van der Waals surface area contributed by atoms with E-state index < -0.39 is 12.3 Å². The number of amides is 2. The van der Waals surface area contributed by atoms with Gasteiger partial charge in [-0.1, -0.05) is 29.5 Å². The van der Waals surface area contributed by atoms with Crippen LogP contribution in [0.2, 0.25) is 0 Å². The summed E-state index contributed by atoms with van der Waals surface area (Å²) in [5.74, 6) is -0.667. The first-order chi connectivity index (χ1) is 17.0. The van der Waals surface area contributed by atoms with Crippen LogP contribution in [0.5, 0.6) is 0 Å². The van der Waals surface area contributed by atoms with Gasteiger partial charge in [0.25, 0.3) is 5.89 Å². The Hall–Kier alpha value is -4.19. The molecule has 1 aliphatic heterocycles. The number of morpholine rings is 1. The first-order valence-electron chi connectivity index (χ1n) is 10.9. The Labute approximate surface area is 198 Å². The van der Waals surface area contributed by atoms with Crippen LogP contribution in [0.4, 0.5) is 19.3 Å². The number of ether oxygens (including phenoxy) is 1. The van der Waals surface area contributed by atoms with Gasteiger partial charge < -0.3 is 19.4 Å². The van der Waals surface area contributed by atoms with Crippen molar-refractivity contribution >= 4 is 11.7 Å². The van der Waals surface area contributed by atoms with Gasteiger partial charge in [0.1, 0.15) is 5.69 Å². The molecule has 1 N–H and O–H groups in total. The van der Waals surface area contributed by atoms with Crippen LogP contribution in [-0.2, 0) is 11.3 Å². The number of halogens is 2. The highest BCUT2D eigenvalue weighted by Gasteiger charge is 2.18. The van der Waals surface area contributed by atoms with Gasteiger partial charge in [-0.15, -0.1) is 15.3 Å². The van der Waals surface area contributed by atoms with Gasteiger partial charge in [0.05, 0.1) is 26.0 Å². The summed E-state index contributed by atoms with van der Waals surface area (Å²) >= 11 is 0. The van der Waals surface area contributed by atoms with Gasteiger partial charge >= 0.3 is 12.5 Å². The maximum Gasteiger partial charge on any atom is 0.321 e. The van der Waals surface area contributed by atoms with Crippen molar-refractivity contribution < 1.29 is 22.7 Å². The quantitative estimate of drug-likeness (QED) is 0.445. The standard InChI is InChI=1S/C23H21F2N7O3/c24-20(25)22-29-28-21(35-22)16-6-4-15(5-7-16)13-32-14-19(27-30-32)17-2-1-3-18(12-17)26-23(33)31-8-10-34-11-9-31/h1-7,12,14,20H,8-11,13H2,(H,26,33). The van der Waals surface area contributed by atoms with Crippen molar-refractivity contribution in [2.75, 3.05) is 31.6 Å². The molecular weight excluding hydrogens is 460 g/mol. The lowest BCUT2D eigenvalue weighted by atomic mass is 10.1. The summed E-state index contributed by atoms with van der Waals surface area (Å²) in [5, 5.41) is 18.3. The third-order valence-electron chi connectivity index (χ3n) is 5.42. The van der Waals surface area contributed by atoms with Crippen molar-refractivity contribution in [3.05, 3.63) is 66.2 Å². The molecule has 3 heterocycles. The van der Waals surface area contributed by atoms with E-state index in [1.54, 1.807) is 21.7 Å². The van der Waals surface area contributed by atoms with Crippen LogP contribution in [-0.4, -0.2) is 62.4 Å². The van der Waals surface area contributed by atoms with Crippen LogP contribution in [0.3, 0.4) is 0 Å². The van der Waals surface area contributed by atoms with Crippen molar-refractivity contribution in [2.45, 2.75) is 13.0 Å². The summed E-state index contributed by atoms with van der Waals surface area (Å²) < 4.78 is 37.2. The van der Waals surface area contributed by atoms with E-state index in [0.717, 1.165) is 11.1 Å². The van der Waals surface area contributed by atoms with E-state index in [2.05, 4.69) is 25.8 Å². The Morgan fingerprint density at radius 1 is 1.03 bits per heavy atom. The number of carbonyl (C=O) groups is 1. The summed E-state index contributed by atoms with van der Waals surface area (Å²) in [6.07, 6.45) is -0.997. The topological polar surface area (TPSA) is 111 Å². The first kappa shape index (κ1) is 22.6. The molecule has 10 nitrogen and oxygen atoms in total. The largest absolute Gasteiger partial charge is 0.415 e. The average Bonchev–Trinajstić information content (AvgIpc) is 3.56. The number of nitrogens with one attached hydrogen (secondary N) is 1. The van der Waals surface area contributed by atoms with Crippen LogP contribution in [0.25, 0.3) is 22.7 Å². The molecule has 0 unspecified atom stereocenters. The van der Waals surface area contributed by atoms with Gasteiger partial charge in [0, 0.05) is 29.9 Å². The summed E-state index contributed by atoms with van der Waals surface area (Å²) in [7, 11) is 0.